The van der Waals surface area contributed by atoms with Gasteiger partial charge in [-0.2, -0.15) is 0 Å². The molecule has 0 saturated heterocycles. The Balaban J connectivity index is 1.66. The van der Waals surface area contributed by atoms with Gasteiger partial charge in [0.05, 0.1) is 0 Å². The van der Waals surface area contributed by atoms with Gasteiger partial charge < -0.3 is 0 Å². The van der Waals surface area contributed by atoms with Crippen molar-refractivity contribution in [3.8, 4) is 0 Å². The first-order valence-corrected chi connectivity index (χ1v) is 28.0. The Bertz CT molecular complexity index is 709. The minimum absolute atomic E-state index is 0.783. The zero-order chi connectivity index (χ0) is 29.6. The van der Waals surface area contributed by atoms with Crippen LogP contribution in [0.15, 0.2) is 0 Å². The van der Waals surface area contributed by atoms with Gasteiger partial charge in [-0.1, -0.05) is 0 Å². The molecule has 0 spiro atoms. The fourth-order valence-electron chi connectivity index (χ4n) is 13.0. The zero-order valence-corrected chi connectivity index (χ0v) is 31.0. The standard InChI is InChI=1S/2C18H33P.2CHO.Ni/c2*1-4-10-16(11-5-1)19(17-12-6-2-7-13-17)18-14-8-3-9-15-18;2*1-2;/h2*16-18H,1-15H2;2*1H;/q;;;;-2/p+2. The molecule has 0 N–H and O–H groups in total. The van der Waals surface area contributed by atoms with Crippen molar-refractivity contribution < 1.29 is 21.1 Å². The molecule has 0 aromatic heterocycles. The van der Waals surface area contributed by atoms with Gasteiger partial charge in [0.1, 0.15) is 0 Å². The van der Waals surface area contributed by atoms with E-state index in [1.54, 1.807) is 10.5 Å². The molecule has 0 atom stereocenters. The number of hydrogen-bond acceptors (Lipinski definition) is 2. The van der Waals surface area contributed by atoms with E-state index in [4.69, 9.17) is 0 Å². The number of rotatable bonds is 10. The van der Waals surface area contributed by atoms with Gasteiger partial charge in [0.15, 0.2) is 0 Å². The van der Waals surface area contributed by atoms with E-state index in [1.807, 2.05) is 0 Å². The maximum atomic E-state index is 15.1. The van der Waals surface area contributed by atoms with Crippen molar-refractivity contribution in [1.29, 1.82) is 0 Å². The van der Waals surface area contributed by atoms with Gasteiger partial charge in [0, 0.05) is 0 Å². The van der Waals surface area contributed by atoms with Gasteiger partial charge >= 0.3 is 270 Å². The summed E-state index contributed by atoms with van der Waals surface area (Å²) in [5.74, 6) is 0. The van der Waals surface area contributed by atoms with Crippen LogP contribution in [0.5, 0.6) is 0 Å². The summed E-state index contributed by atoms with van der Waals surface area (Å²) in [6.07, 6.45) is 41.8. The molecule has 6 saturated carbocycles. The second-order valence-corrected chi connectivity index (χ2v) is 37.2. The number of carbonyl (C=O) groups is 2. The molecule has 43 heavy (non-hydrogen) atoms. The summed E-state index contributed by atoms with van der Waals surface area (Å²) in [4.78, 5) is 30.2. The molecule has 0 bridgehead atoms. The van der Waals surface area contributed by atoms with Gasteiger partial charge in [-0.25, -0.2) is 0 Å². The fourth-order valence-corrected chi connectivity index (χ4v) is 65.3. The second kappa shape index (κ2) is 15.7. The normalized spacial score (nSPS) is 29.2. The third kappa shape index (κ3) is 5.98. The Morgan fingerprint density at radius 3 is 0.605 bits per heavy atom. The molecule has 6 rings (SSSR count). The summed E-state index contributed by atoms with van der Waals surface area (Å²) >= 11 is -2.14. The monoisotopic (exact) mass is 678 g/mol. The average molecular weight is 680 g/mol. The summed E-state index contributed by atoms with van der Waals surface area (Å²) in [5.41, 5.74) is 4.70. The van der Waals surface area contributed by atoms with E-state index in [0.717, 1.165) is 34.0 Å². The van der Waals surface area contributed by atoms with Crippen LogP contribution in [0.1, 0.15) is 193 Å². The molecule has 0 amide bonds. The van der Waals surface area contributed by atoms with Crippen molar-refractivity contribution in [3.05, 3.63) is 0 Å². The second-order valence-electron chi connectivity index (χ2n) is 16.3. The molecular weight excluding hydrogens is 609 g/mol. The first-order chi connectivity index (χ1) is 21.3. The Morgan fingerprint density at radius 2 is 0.465 bits per heavy atom. The van der Waals surface area contributed by atoms with Crippen LogP contribution in [-0.4, -0.2) is 44.5 Å². The molecule has 0 aliphatic heterocycles. The molecule has 254 valence electrons. The van der Waals surface area contributed by atoms with E-state index in [9.17, 15) is 0 Å². The maximum absolute atomic E-state index is 15.1. The van der Waals surface area contributed by atoms with Crippen molar-refractivity contribution >= 4 is 22.6 Å². The summed E-state index contributed by atoms with van der Waals surface area (Å²) in [6, 6.07) is -4.68. The topological polar surface area (TPSA) is 34.1 Å². The van der Waals surface area contributed by atoms with Crippen molar-refractivity contribution in [1.82, 2.24) is 0 Å². The van der Waals surface area contributed by atoms with E-state index in [1.165, 1.54) is 193 Å². The van der Waals surface area contributed by atoms with Crippen LogP contribution in [0, 0.1) is 0 Å². The molecule has 2 nitrogen and oxygen atoms in total. The van der Waals surface area contributed by atoms with Crippen molar-refractivity contribution in [2.45, 2.75) is 227 Å². The van der Waals surface area contributed by atoms with Crippen LogP contribution in [0.25, 0.3) is 0 Å². The third-order valence-electron chi connectivity index (χ3n) is 14.4. The number of carbonyl (C=O) groups excluding carboxylic acids is 2. The Hall–Kier alpha value is 0.694. The fraction of sp³-hybridized carbons (Fsp3) is 0.947. The predicted octanol–water partition coefficient (Wildman–Crippen LogP) is 11.8. The van der Waals surface area contributed by atoms with Gasteiger partial charge in [-0.05, 0) is 0 Å². The average Bonchev–Trinajstić information content (AvgIpc) is 3.11. The van der Waals surface area contributed by atoms with Gasteiger partial charge in [0.2, 0.25) is 0 Å². The van der Waals surface area contributed by atoms with E-state index in [-0.39, 0.29) is 0 Å². The SMILES string of the molecule is O=[CH][Ni]([CH]=O)([PH](C1CCCCC1)(C1CCCCC1)C1CCCCC1)[PH](C1CCCCC1)(C1CCCCC1)C1CCCCC1. The number of hydrogen-bond donors (Lipinski definition) is 0. The minimum atomic E-state index is -2.34. The summed E-state index contributed by atoms with van der Waals surface area (Å²) in [6.45, 7) is 0. The summed E-state index contributed by atoms with van der Waals surface area (Å²) in [7, 11) is 0. The van der Waals surface area contributed by atoms with Gasteiger partial charge in [-0.15, -0.1) is 0 Å². The van der Waals surface area contributed by atoms with Crippen LogP contribution in [0.2, 0.25) is 0 Å². The van der Waals surface area contributed by atoms with Crippen molar-refractivity contribution in [2.75, 3.05) is 0 Å². The molecule has 6 aliphatic rings. The van der Waals surface area contributed by atoms with E-state index in [2.05, 4.69) is 0 Å². The first kappa shape index (κ1) is 33.6. The Kier molecular flexibility index (Phi) is 12.3. The molecule has 0 aromatic rings. The quantitative estimate of drug-likeness (QED) is 0.131. The molecule has 0 heterocycles. The van der Waals surface area contributed by atoms with Crippen LogP contribution in [0.4, 0.5) is 0 Å². The van der Waals surface area contributed by atoms with Crippen LogP contribution >= 0.6 is 12.1 Å². The van der Waals surface area contributed by atoms with Crippen LogP contribution < -0.4 is 0 Å². The summed E-state index contributed by atoms with van der Waals surface area (Å²) in [5, 5.41) is 3.45. The van der Waals surface area contributed by atoms with Gasteiger partial charge in [0.25, 0.3) is 0 Å². The predicted molar refractivity (Wildman–Crippen MR) is 191 cm³/mol. The molecule has 5 heteroatoms. The molecule has 0 aromatic carbocycles. The molecule has 0 radical (unpaired) electrons. The van der Waals surface area contributed by atoms with E-state index >= 15 is 9.59 Å². The Labute approximate surface area is 269 Å². The zero-order valence-electron chi connectivity index (χ0n) is 28.0. The molecule has 6 fully saturated rings. The van der Waals surface area contributed by atoms with Gasteiger partial charge in [-0.3, -0.25) is 0 Å². The first-order valence-electron chi connectivity index (χ1n) is 19.8. The molecule has 6 aliphatic carbocycles. The van der Waals surface area contributed by atoms with Crippen molar-refractivity contribution in [2.24, 2.45) is 0 Å². The van der Waals surface area contributed by atoms with Crippen LogP contribution in [0.3, 0.4) is 0 Å². The van der Waals surface area contributed by atoms with Crippen LogP contribution in [-0.2, 0) is 21.1 Å². The van der Waals surface area contributed by atoms with Crippen molar-refractivity contribution in [3.63, 3.8) is 0 Å². The molecular formula is C38H70NiO2P2. The molecule has 0 unspecified atom stereocenters. The third-order valence-corrected chi connectivity index (χ3v) is 51.3. The van der Waals surface area contributed by atoms with E-state index < -0.39 is 23.6 Å². The van der Waals surface area contributed by atoms with E-state index in [0.29, 0.717) is 0 Å². The summed E-state index contributed by atoms with van der Waals surface area (Å²) < 4.78 is 0. The Morgan fingerprint density at radius 1 is 0.302 bits per heavy atom.